The summed E-state index contributed by atoms with van der Waals surface area (Å²) in [7, 11) is 0. The molecule has 0 aromatic carbocycles. The topological polar surface area (TPSA) is 48.2 Å². The third-order valence-corrected chi connectivity index (χ3v) is 2.12. The van der Waals surface area contributed by atoms with Crippen molar-refractivity contribution in [1.82, 2.24) is 9.97 Å². The van der Waals surface area contributed by atoms with Crippen molar-refractivity contribution in [3.05, 3.63) is 46.9 Å². The molecular weight excluding hydrogens is 228 g/mol. The number of rotatable bonds is 4. The van der Waals surface area contributed by atoms with E-state index in [9.17, 15) is 0 Å². The molecule has 16 heavy (non-hydrogen) atoms. The fourth-order valence-electron chi connectivity index (χ4n) is 1.29. The molecule has 2 rings (SSSR count). The number of hydrogen-bond donors (Lipinski definition) is 0. The van der Waals surface area contributed by atoms with Gasteiger partial charge < -0.3 is 9.15 Å². The molecule has 0 atom stereocenters. The second-order valence-electron chi connectivity index (χ2n) is 3.32. The number of aromatic nitrogens is 2. The van der Waals surface area contributed by atoms with Crippen molar-refractivity contribution in [2.75, 3.05) is 0 Å². The summed E-state index contributed by atoms with van der Waals surface area (Å²) in [4.78, 5) is 8.25. The summed E-state index contributed by atoms with van der Waals surface area (Å²) in [5.41, 5.74) is 0.830. The maximum absolute atomic E-state index is 5.80. The Morgan fingerprint density at radius 2 is 2.25 bits per heavy atom. The van der Waals surface area contributed by atoms with Crippen molar-refractivity contribution in [3.8, 4) is 0 Å². The second-order valence-corrected chi connectivity index (χ2v) is 3.71. The minimum Gasteiger partial charge on any atom is -0.467 e. The Hall–Kier alpha value is -1.39. The lowest BCUT2D eigenvalue weighted by Gasteiger charge is -2.02. The summed E-state index contributed by atoms with van der Waals surface area (Å²) in [5.74, 6) is 1.36. The van der Waals surface area contributed by atoms with Crippen LogP contribution in [0.5, 0.6) is 0 Å². The van der Waals surface area contributed by atoms with E-state index in [0.717, 1.165) is 11.5 Å². The first-order valence-electron chi connectivity index (χ1n) is 4.84. The molecule has 0 unspecified atom stereocenters. The van der Waals surface area contributed by atoms with Gasteiger partial charge >= 0.3 is 0 Å². The molecule has 0 aliphatic heterocycles. The van der Waals surface area contributed by atoms with Crippen molar-refractivity contribution in [1.29, 1.82) is 0 Å². The molecule has 84 valence electrons. The Morgan fingerprint density at radius 3 is 2.94 bits per heavy atom. The average molecular weight is 239 g/mol. The van der Waals surface area contributed by atoms with Crippen LogP contribution in [0.1, 0.15) is 17.3 Å². The van der Waals surface area contributed by atoms with Crippen LogP contribution < -0.4 is 0 Å². The third kappa shape index (κ3) is 3.05. The van der Waals surface area contributed by atoms with E-state index in [2.05, 4.69) is 9.97 Å². The van der Waals surface area contributed by atoms with Crippen LogP contribution in [0.25, 0.3) is 0 Å². The lowest BCUT2D eigenvalue weighted by Crippen LogP contribution is -2.00. The van der Waals surface area contributed by atoms with Crippen LogP contribution in [0.4, 0.5) is 0 Å². The number of nitrogens with zero attached hydrogens (tertiary/aromatic N) is 2. The summed E-state index contributed by atoms with van der Waals surface area (Å²) in [6.07, 6.45) is 1.61. The van der Waals surface area contributed by atoms with Gasteiger partial charge in [-0.05, 0) is 25.1 Å². The molecule has 0 saturated heterocycles. The quantitative estimate of drug-likeness (QED) is 0.769. The van der Waals surface area contributed by atoms with Crippen molar-refractivity contribution in [2.24, 2.45) is 0 Å². The highest BCUT2D eigenvalue weighted by Gasteiger charge is 2.02. The maximum Gasteiger partial charge on any atom is 0.155 e. The summed E-state index contributed by atoms with van der Waals surface area (Å²) in [5, 5.41) is 0.434. The van der Waals surface area contributed by atoms with Gasteiger partial charge in [0.15, 0.2) is 5.82 Å². The largest absolute Gasteiger partial charge is 0.467 e. The first-order chi connectivity index (χ1) is 7.74. The van der Waals surface area contributed by atoms with Gasteiger partial charge in [0.1, 0.15) is 24.1 Å². The number of furan rings is 1. The zero-order valence-electron chi connectivity index (χ0n) is 8.81. The van der Waals surface area contributed by atoms with Gasteiger partial charge in [0.05, 0.1) is 6.26 Å². The van der Waals surface area contributed by atoms with Gasteiger partial charge in [-0.15, -0.1) is 0 Å². The molecule has 0 N–H and O–H groups in total. The number of halogens is 1. The van der Waals surface area contributed by atoms with Crippen LogP contribution >= 0.6 is 11.6 Å². The molecule has 2 heterocycles. The van der Waals surface area contributed by atoms with E-state index < -0.39 is 0 Å². The van der Waals surface area contributed by atoms with Crippen molar-refractivity contribution < 1.29 is 9.15 Å². The van der Waals surface area contributed by atoms with Gasteiger partial charge in [-0.2, -0.15) is 0 Å². The van der Waals surface area contributed by atoms with Gasteiger partial charge in [-0.1, -0.05) is 11.6 Å². The van der Waals surface area contributed by atoms with E-state index in [1.165, 1.54) is 0 Å². The molecule has 4 nitrogen and oxygen atoms in total. The zero-order valence-corrected chi connectivity index (χ0v) is 9.57. The van der Waals surface area contributed by atoms with Gasteiger partial charge in [-0.3, -0.25) is 0 Å². The van der Waals surface area contributed by atoms with Crippen LogP contribution in [-0.4, -0.2) is 9.97 Å². The van der Waals surface area contributed by atoms with E-state index in [4.69, 9.17) is 20.8 Å². The van der Waals surface area contributed by atoms with Gasteiger partial charge in [0.25, 0.3) is 0 Å². The molecule has 5 heteroatoms. The molecule has 0 amide bonds. The normalized spacial score (nSPS) is 10.6. The van der Waals surface area contributed by atoms with Crippen molar-refractivity contribution in [3.63, 3.8) is 0 Å². The van der Waals surface area contributed by atoms with Crippen LogP contribution in [-0.2, 0) is 18.0 Å². The zero-order chi connectivity index (χ0) is 11.4. The second kappa shape index (κ2) is 5.09. The van der Waals surface area contributed by atoms with E-state index in [1.54, 1.807) is 12.3 Å². The fraction of sp³-hybridized carbons (Fsp3) is 0.273. The molecule has 0 bridgehead atoms. The molecule has 2 aromatic heterocycles. The molecule has 0 fully saturated rings. The lowest BCUT2D eigenvalue weighted by molar-refractivity contribution is 0.0880. The van der Waals surface area contributed by atoms with E-state index >= 15 is 0 Å². The van der Waals surface area contributed by atoms with Crippen LogP contribution in [0.3, 0.4) is 0 Å². The molecule has 2 aromatic rings. The van der Waals surface area contributed by atoms with Crippen LogP contribution in [0.15, 0.2) is 28.9 Å². The minimum atomic E-state index is 0.322. The first kappa shape index (κ1) is 11.1. The molecule has 0 spiro atoms. The highest BCUT2D eigenvalue weighted by Crippen LogP contribution is 2.08. The van der Waals surface area contributed by atoms with Crippen LogP contribution in [0.2, 0.25) is 5.15 Å². The average Bonchev–Trinajstić information content (AvgIpc) is 2.69. The highest BCUT2D eigenvalue weighted by atomic mass is 35.5. The molecular formula is C11H11ClN2O2. The van der Waals surface area contributed by atoms with E-state index in [1.807, 2.05) is 19.1 Å². The Morgan fingerprint density at radius 1 is 1.38 bits per heavy atom. The number of ether oxygens (including phenoxy) is 1. The fourth-order valence-corrected chi connectivity index (χ4v) is 1.55. The summed E-state index contributed by atoms with van der Waals surface area (Å²) >= 11 is 5.80. The lowest BCUT2D eigenvalue weighted by atomic mass is 10.4. The Balaban J connectivity index is 1.89. The standard InChI is InChI=1S/C11H11ClN2O2/c1-8-5-10(12)14-11(13-8)7-15-6-9-3-2-4-16-9/h2-5H,6-7H2,1H3. The monoisotopic (exact) mass is 238 g/mol. The van der Waals surface area contributed by atoms with Crippen molar-refractivity contribution >= 4 is 11.6 Å². The maximum atomic E-state index is 5.80. The number of aryl methyl sites for hydroxylation is 1. The van der Waals surface area contributed by atoms with Crippen LogP contribution in [0, 0.1) is 6.92 Å². The Bertz CT molecular complexity index is 437. The molecule has 0 saturated carbocycles. The Kier molecular flexibility index (Phi) is 3.54. The number of hydrogen-bond acceptors (Lipinski definition) is 4. The minimum absolute atomic E-state index is 0.322. The SMILES string of the molecule is Cc1cc(Cl)nc(COCc2ccco2)n1. The predicted molar refractivity (Wildman–Crippen MR) is 59.0 cm³/mol. The van der Waals surface area contributed by atoms with Gasteiger partial charge in [-0.25, -0.2) is 9.97 Å². The first-order valence-corrected chi connectivity index (χ1v) is 5.22. The Labute approximate surface area is 98.2 Å². The summed E-state index contributed by atoms with van der Waals surface area (Å²) < 4.78 is 10.5. The summed E-state index contributed by atoms with van der Waals surface area (Å²) in [6, 6.07) is 5.38. The summed E-state index contributed by atoms with van der Waals surface area (Å²) in [6.45, 7) is 2.59. The molecule has 0 aliphatic rings. The molecule has 0 aliphatic carbocycles. The highest BCUT2D eigenvalue weighted by molar-refractivity contribution is 6.29. The van der Waals surface area contributed by atoms with Crippen molar-refractivity contribution in [2.45, 2.75) is 20.1 Å². The molecule has 0 radical (unpaired) electrons. The third-order valence-electron chi connectivity index (χ3n) is 1.92. The van der Waals surface area contributed by atoms with Gasteiger partial charge in [0, 0.05) is 5.69 Å². The smallest absolute Gasteiger partial charge is 0.155 e. The predicted octanol–water partition coefficient (Wildman–Crippen LogP) is 2.75. The van der Waals surface area contributed by atoms with E-state index in [0.29, 0.717) is 24.2 Å². The van der Waals surface area contributed by atoms with E-state index in [-0.39, 0.29) is 0 Å². The van der Waals surface area contributed by atoms with Gasteiger partial charge in [0.2, 0.25) is 0 Å².